The van der Waals surface area contributed by atoms with Crippen LogP contribution in [0.5, 0.6) is 0 Å². The molecule has 1 spiro atoms. The average molecular weight is 194 g/mol. The number of nitrogens with zero attached hydrogens (tertiary/aromatic N) is 1. The first-order valence-corrected chi connectivity index (χ1v) is 5.77. The number of nitrogens with one attached hydrogen (secondary N) is 1. The van der Waals surface area contributed by atoms with Gasteiger partial charge in [-0.25, -0.2) is 4.37 Å². The minimum atomic E-state index is 0.675. The van der Waals surface area contributed by atoms with Crippen LogP contribution in [0.3, 0.4) is 0 Å². The summed E-state index contributed by atoms with van der Waals surface area (Å²) >= 11 is 1.69. The van der Waals surface area contributed by atoms with Gasteiger partial charge in [-0.3, -0.25) is 0 Å². The number of hydrogen-bond acceptors (Lipinski definition) is 3. The largest absolute Gasteiger partial charge is 0.316 e. The fourth-order valence-electron chi connectivity index (χ4n) is 2.69. The van der Waals surface area contributed by atoms with Crippen molar-refractivity contribution in [2.24, 2.45) is 5.41 Å². The number of aromatic nitrogens is 1. The molecular formula is C10H14N2S. The van der Waals surface area contributed by atoms with Crippen LogP contribution in [0, 0.1) is 5.41 Å². The van der Waals surface area contributed by atoms with E-state index in [2.05, 4.69) is 15.8 Å². The van der Waals surface area contributed by atoms with Gasteiger partial charge in [0.05, 0.1) is 0 Å². The fraction of sp³-hybridized carbons (Fsp3) is 0.700. The van der Waals surface area contributed by atoms with Crippen LogP contribution in [0.2, 0.25) is 0 Å². The lowest BCUT2D eigenvalue weighted by Gasteiger charge is -2.39. The zero-order valence-electron chi connectivity index (χ0n) is 7.62. The molecule has 1 aromatic rings. The minimum Gasteiger partial charge on any atom is -0.316 e. The molecule has 1 aliphatic heterocycles. The van der Waals surface area contributed by atoms with E-state index in [4.69, 9.17) is 0 Å². The Hall–Kier alpha value is -0.410. The van der Waals surface area contributed by atoms with Crippen molar-refractivity contribution in [1.29, 1.82) is 0 Å². The number of rotatable bonds is 1. The molecule has 1 saturated carbocycles. The Bertz CT molecular complexity index is 290. The van der Waals surface area contributed by atoms with Crippen molar-refractivity contribution < 1.29 is 0 Å². The molecule has 1 saturated heterocycles. The molecule has 1 atom stereocenters. The molecule has 2 nitrogen and oxygen atoms in total. The molecule has 3 heteroatoms. The summed E-state index contributed by atoms with van der Waals surface area (Å²) < 4.78 is 4.18. The summed E-state index contributed by atoms with van der Waals surface area (Å²) in [5.74, 6) is 0.814. The summed E-state index contributed by atoms with van der Waals surface area (Å²) in [6, 6.07) is 2.19. The summed E-state index contributed by atoms with van der Waals surface area (Å²) in [5, 5.41) is 3.40. The predicted molar refractivity (Wildman–Crippen MR) is 54.0 cm³/mol. The molecular weight excluding hydrogens is 180 g/mol. The first-order valence-electron chi connectivity index (χ1n) is 4.99. The van der Waals surface area contributed by atoms with Gasteiger partial charge < -0.3 is 5.32 Å². The smallest absolute Gasteiger partial charge is 0.0409 e. The highest BCUT2D eigenvalue weighted by atomic mass is 32.1. The first-order chi connectivity index (χ1) is 6.38. The Kier molecular flexibility index (Phi) is 1.70. The summed E-state index contributed by atoms with van der Waals surface area (Å²) in [6.45, 7) is 2.50. The van der Waals surface area contributed by atoms with E-state index in [9.17, 15) is 0 Å². The highest BCUT2D eigenvalue weighted by Crippen LogP contribution is 2.49. The maximum atomic E-state index is 4.18. The van der Waals surface area contributed by atoms with Crippen LogP contribution in [0.1, 0.15) is 30.1 Å². The zero-order valence-corrected chi connectivity index (χ0v) is 8.44. The van der Waals surface area contributed by atoms with Crippen molar-refractivity contribution in [3.63, 3.8) is 0 Å². The van der Waals surface area contributed by atoms with Gasteiger partial charge in [0.2, 0.25) is 0 Å². The van der Waals surface area contributed by atoms with Crippen molar-refractivity contribution in [2.45, 2.75) is 25.2 Å². The third-order valence-corrected chi connectivity index (χ3v) is 4.47. The van der Waals surface area contributed by atoms with Gasteiger partial charge in [-0.1, -0.05) is 0 Å². The quantitative estimate of drug-likeness (QED) is 0.739. The summed E-state index contributed by atoms with van der Waals surface area (Å²) in [7, 11) is 0. The van der Waals surface area contributed by atoms with Crippen molar-refractivity contribution >= 4 is 11.5 Å². The van der Waals surface area contributed by atoms with Gasteiger partial charge in [0.25, 0.3) is 0 Å². The average Bonchev–Trinajstić information content (AvgIpc) is 2.71. The van der Waals surface area contributed by atoms with E-state index in [1.807, 2.05) is 6.20 Å². The van der Waals surface area contributed by atoms with E-state index in [1.54, 1.807) is 11.5 Å². The van der Waals surface area contributed by atoms with E-state index in [0.29, 0.717) is 5.41 Å². The molecule has 1 N–H and O–H groups in total. The Balaban J connectivity index is 1.76. The highest BCUT2D eigenvalue weighted by Gasteiger charge is 2.44. The molecule has 2 aliphatic rings. The molecule has 0 amide bonds. The van der Waals surface area contributed by atoms with Crippen LogP contribution in [0.25, 0.3) is 0 Å². The van der Waals surface area contributed by atoms with Gasteiger partial charge >= 0.3 is 0 Å². The molecule has 2 fully saturated rings. The minimum absolute atomic E-state index is 0.675. The second kappa shape index (κ2) is 2.79. The molecule has 13 heavy (non-hydrogen) atoms. The van der Waals surface area contributed by atoms with E-state index in [-0.39, 0.29) is 0 Å². The van der Waals surface area contributed by atoms with Crippen molar-refractivity contribution in [3.05, 3.63) is 17.1 Å². The normalized spacial score (nSPS) is 30.6. The van der Waals surface area contributed by atoms with Crippen LogP contribution < -0.4 is 5.32 Å². The maximum absolute atomic E-state index is 4.18. The van der Waals surface area contributed by atoms with Gasteiger partial charge in [-0.2, -0.15) is 0 Å². The van der Waals surface area contributed by atoms with Crippen molar-refractivity contribution in [3.8, 4) is 0 Å². The molecule has 1 aliphatic carbocycles. The van der Waals surface area contributed by atoms with E-state index < -0.39 is 0 Å². The van der Waals surface area contributed by atoms with Crippen LogP contribution in [-0.4, -0.2) is 17.5 Å². The molecule has 1 unspecified atom stereocenters. The monoisotopic (exact) mass is 194 g/mol. The third kappa shape index (κ3) is 1.22. The first kappa shape index (κ1) is 7.94. The second-order valence-electron chi connectivity index (χ2n) is 4.46. The summed E-state index contributed by atoms with van der Waals surface area (Å²) in [5.41, 5.74) is 0.675. The van der Waals surface area contributed by atoms with Crippen LogP contribution >= 0.6 is 11.5 Å². The molecule has 0 bridgehead atoms. The SMILES string of the molecule is c1cc(C2CCC3(CNC3)C2)sn1. The van der Waals surface area contributed by atoms with Gasteiger partial charge in [0, 0.05) is 24.2 Å². The molecule has 1 aromatic heterocycles. The van der Waals surface area contributed by atoms with Crippen molar-refractivity contribution in [1.82, 2.24) is 9.69 Å². The fourth-order valence-corrected chi connectivity index (χ4v) is 3.40. The second-order valence-corrected chi connectivity index (χ2v) is 5.32. The Morgan fingerprint density at radius 1 is 1.54 bits per heavy atom. The standard InChI is InChI=1S/C10H14N2S/c1-3-10(6-11-7-10)5-8(1)9-2-4-12-13-9/h2,4,8,11H,1,3,5-7H2. The summed E-state index contributed by atoms with van der Waals surface area (Å²) in [4.78, 5) is 1.50. The lowest BCUT2D eigenvalue weighted by molar-refractivity contribution is 0.175. The molecule has 0 aromatic carbocycles. The molecule has 0 radical (unpaired) electrons. The highest BCUT2D eigenvalue weighted by molar-refractivity contribution is 7.05. The lowest BCUT2D eigenvalue weighted by atomic mass is 9.79. The maximum Gasteiger partial charge on any atom is 0.0409 e. The topological polar surface area (TPSA) is 24.9 Å². The van der Waals surface area contributed by atoms with Crippen LogP contribution in [-0.2, 0) is 0 Å². The summed E-state index contributed by atoms with van der Waals surface area (Å²) in [6.07, 6.45) is 6.12. The Labute approximate surface area is 82.5 Å². The lowest BCUT2D eigenvalue weighted by Crippen LogP contribution is -2.51. The van der Waals surface area contributed by atoms with Crippen LogP contribution in [0.4, 0.5) is 0 Å². The van der Waals surface area contributed by atoms with Gasteiger partial charge in [0.15, 0.2) is 0 Å². The molecule has 70 valence electrons. The van der Waals surface area contributed by atoms with Gasteiger partial charge in [0.1, 0.15) is 0 Å². The van der Waals surface area contributed by atoms with E-state index in [0.717, 1.165) is 5.92 Å². The predicted octanol–water partition coefficient (Wildman–Crippen LogP) is 2.00. The van der Waals surface area contributed by atoms with Gasteiger partial charge in [-0.05, 0) is 48.2 Å². The number of hydrogen-bond donors (Lipinski definition) is 1. The Morgan fingerprint density at radius 3 is 3.00 bits per heavy atom. The van der Waals surface area contributed by atoms with E-state index in [1.165, 1.54) is 37.2 Å². The molecule has 2 heterocycles. The zero-order chi connectivity index (χ0) is 8.73. The Morgan fingerprint density at radius 2 is 2.46 bits per heavy atom. The van der Waals surface area contributed by atoms with Gasteiger partial charge in [-0.15, -0.1) is 0 Å². The molecule has 3 rings (SSSR count). The van der Waals surface area contributed by atoms with E-state index >= 15 is 0 Å². The van der Waals surface area contributed by atoms with Crippen LogP contribution in [0.15, 0.2) is 12.3 Å². The van der Waals surface area contributed by atoms with Crippen molar-refractivity contribution in [2.75, 3.05) is 13.1 Å². The third-order valence-electron chi connectivity index (χ3n) is 3.56.